The molecule has 2 heterocycles. The molecule has 1 saturated heterocycles. The molecule has 0 unspecified atom stereocenters. The highest BCUT2D eigenvalue weighted by Crippen LogP contribution is 2.32. The first kappa shape index (κ1) is 102. The Bertz CT molecular complexity index is 3920. The summed E-state index contributed by atoms with van der Waals surface area (Å²) >= 11 is 4.44. The van der Waals surface area contributed by atoms with E-state index in [-0.39, 0.29) is 114 Å². The molecule has 0 saturated carbocycles. The zero-order chi connectivity index (χ0) is 89.7. The number of carboxylic acid groups (broad SMARTS) is 1. The fourth-order valence-corrected chi connectivity index (χ4v) is 14.8. The number of nitrogens with two attached hydrogens (primary N) is 5. The Morgan fingerprint density at radius 2 is 1.07 bits per heavy atom. The third kappa shape index (κ3) is 41.5. The second kappa shape index (κ2) is 58.7. The Kier molecular flexibility index (Phi) is 48.9. The number of thiol groups is 1. The number of rotatable bonds is 63. The van der Waals surface area contributed by atoms with Crippen molar-refractivity contribution in [2.45, 2.75) is 254 Å². The van der Waals surface area contributed by atoms with E-state index in [4.69, 9.17) is 33.8 Å². The lowest BCUT2D eigenvalue weighted by molar-refractivity contribution is -0.140. The van der Waals surface area contributed by atoms with Crippen molar-refractivity contribution in [3.8, 4) is 0 Å². The standard InChI is InChI=1S/C86H133N21O15S/c1-3-4-5-6-7-8-9-10-11-12-13-14-15-27-43-95-73(113)55-106(54-69(87)109)74(114)41-26-19-28-42-94-70(110)49-62(47-59-32-20-16-21-33-59)99-79(117)66(40-30-45-97-86(90)91)101-82(120)68(56-123)103-80(118)65(39-29-44-96-85(88)89)100-71(111)50-64-38-31-46-107(64)84(122)78(76(60-34-22-17-23-35-60)61-36-24-18-25-37-61)105-81(119)67(48-63-51-93-57-98-63)102-83(121)77(58(2)108)104-72(112)52-92-53-75(115)116/h16-18,20-25,32-37,51,57-58,62,64-68,76-78,92,108,123H,3-15,19,26-31,38-50,52-56H2,1-2H3,(H2,87,109)(H,93,98)(H,94,110)(H,95,113)(H,99,117)(H,100,111)(H,101,120)(H,102,121)(H,103,118)(H,104,112)(H,105,119)(H,115,116)(H4,88,89,96)(H4,90,91,97)/t58-,62+,64+,65+,66+,67+,68+,77+,78+/m1/s1. The lowest BCUT2D eigenvalue weighted by Crippen LogP contribution is -2.61. The van der Waals surface area contributed by atoms with E-state index in [2.05, 4.69) is 92.7 Å². The Morgan fingerprint density at radius 1 is 0.553 bits per heavy atom. The van der Waals surface area contributed by atoms with Crippen LogP contribution in [0, 0.1) is 0 Å². The monoisotopic (exact) mass is 1730 g/mol. The van der Waals surface area contributed by atoms with Crippen LogP contribution >= 0.6 is 12.6 Å². The van der Waals surface area contributed by atoms with Gasteiger partial charge in [0, 0.05) is 94.1 Å². The number of guanidine groups is 2. The Labute approximate surface area is 726 Å². The Balaban J connectivity index is 1.26. The van der Waals surface area contributed by atoms with Gasteiger partial charge in [-0.05, 0) is 87.8 Å². The van der Waals surface area contributed by atoms with E-state index in [1.807, 2.05) is 18.2 Å². The number of primary amides is 1. The molecule has 23 N–H and O–H groups in total. The highest BCUT2D eigenvalue weighted by molar-refractivity contribution is 7.80. The number of unbranched alkanes of at least 4 members (excludes halogenated alkanes) is 15. The second-order valence-corrected chi connectivity index (χ2v) is 31.6. The van der Waals surface area contributed by atoms with Crippen LogP contribution < -0.4 is 81.8 Å². The maximum Gasteiger partial charge on any atom is 0.317 e. The van der Waals surface area contributed by atoms with Crippen LogP contribution in [0.15, 0.2) is 114 Å². The summed E-state index contributed by atoms with van der Waals surface area (Å²) in [4.78, 5) is 197. The lowest BCUT2D eigenvalue weighted by atomic mass is 9.84. The van der Waals surface area contributed by atoms with Crippen LogP contribution in [0.3, 0.4) is 0 Å². The number of benzene rings is 3. The van der Waals surface area contributed by atoms with Crippen molar-refractivity contribution in [2.75, 3.05) is 64.7 Å². The smallest absolute Gasteiger partial charge is 0.317 e. The van der Waals surface area contributed by atoms with E-state index in [1.165, 1.54) is 88.6 Å². The van der Waals surface area contributed by atoms with Crippen LogP contribution in [-0.4, -0.2) is 238 Å². The number of amides is 12. The molecule has 9 atom stereocenters. The van der Waals surface area contributed by atoms with Gasteiger partial charge in [0.15, 0.2) is 11.9 Å². The minimum atomic E-state index is -1.65. The van der Waals surface area contributed by atoms with E-state index in [0.717, 1.165) is 36.1 Å². The molecule has 1 fully saturated rings. The highest BCUT2D eigenvalue weighted by atomic mass is 32.1. The summed E-state index contributed by atoms with van der Waals surface area (Å²) in [5, 5.41) is 47.1. The first-order valence-electron chi connectivity index (χ1n) is 43.1. The van der Waals surface area contributed by atoms with Gasteiger partial charge >= 0.3 is 5.97 Å². The number of nitrogens with one attached hydrogen (secondary N) is 11. The normalized spacial score (nSPS) is 14.3. The summed E-state index contributed by atoms with van der Waals surface area (Å²) in [6.07, 6.45) is 19.9. The van der Waals surface area contributed by atoms with Gasteiger partial charge in [0.05, 0.1) is 32.1 Å². The number of hydrogen-bond acceptors (Lipinski definition) is 19. The Morgan fingerprint density at radius 3 is 1.60 bits per heavy atom. The van der Waals surface area contributed by atoms with E-state index in [0.29, 0.717) is 55.5 Å². The molecule has 678 valence electrons. The van der Waals surface area contributed by atoms with Gasteiger partial charge in [0.1, 0.15) is 42.8 Å². The van der Waals surface area contributed by atoms with E-state index >= 15 is 9.59 Å². The minimum absolute atomic E-state index is 0.0237. The number of aliphatic imine (C=N–C) groups is 2. The molecule has 4 aromatic rings. The van der Waals surface area contributed by atoms with E-state index < -0.39 is 151 Å². The second-order valence-electron chi connectivity index (χ2n) is 31.2. The van der Waals surface area contributed by atoms with Crippen LogP contribution in [0.4, 0.5) is 0 Å². The van der Waals surface area contributed by atoms with Crippen molar-refractivity contribution in [1.82, 2.24) is 72.9 Å². The fraction of sp³-hybridized carbons (Fsp3) is 0.581. The molecule has 0 bridgehead atoms. The van der Waals surface area contributed by atoms with Crippen LogP contribution in [-0.2, 0) is 75.2 Å². The van der Waals surface area contributed by atoms with Crippen molar-refractivity contribution in [3.63, 3.8) is 0 Å². The number of aliphatic hydroxyl groups is 1. The first-order chi connectivity index (χ1) is 59.2. The summed E-state index contributed by atoms with van der Waals surface area (Å²) in [5.74, 6) is -11.3. The number of hydrogen-bond donors (Lipinski definition) is 19. The van der Waals surface area contributed by atoms with Crippen LogP contribution in [0.2, 0.25) is 0 Å². The first-order valence-corrected chi connectivity index (χ1v) is 43.7. The van der Waals surface area contributed by atoms with Crippen molar-refractivity contribution < 1.29 is 72.5 Å². The van der Waals surface area contributed by atoms with Crippen molar-refractivity contribution >= 4 is 101 Å². The molecule has 0 spiro atoms. The van der Waals surface area contributed by atoms with Crippen LogP contribution in [0.5, 0.6) is 0 Å². The third-order valence-electron chi connectivity index (χ3n) is 20.9. The molecule has 3 aromatic carbocycles. The number of H-pyrrole nitrogens is 1. The molecule has 1 aromatic heterocycles. The molecule has 37 heteroatoms. The van der Waals surface area contributed by atoms with Gasteiger partial charge in [0.25, 0.3) is 0 Å². The SMILES string of the molecule is CCCCCCCCCCCCCCCCNC(=O)CN(CC(N)=O)C(=O)CCCCCNC(=O)C[C@H](Cc1ccccc1)NC(=O)[C@H](CCCN=C(N)N)NC(=O)[C@H](CS)NC(=O)[C@H](CCCN=C(N)N)NC(=O)C[C@@H]1CCCN1C(=O)[C@@H](NC(=O)[C@H](Cc1cnc[nH]1)NC(=O)[C@@H](NC(=O)CNCC(=O)O)[C@@H](C)O)C(c1ccccc1)c1ccccc1. The maximum atomic E-state index is 15.8. The van der Waals surface area contributed by atoms with Gasteiger partial charge in [0.2, 0.25) is 70.9 Å². The summed E-state index contributed by atoms with van der Waals surface area (Å²) in [5.41, 5.74) is 30.4. The molecule has 36 nitrogen and oxygen atoms in total. The number of carbonyl (C=O) groups is 13. The van der Waals surface area contributed by atoms with Gasteiger partial charge < -0.3 is 102 Å². The number of carboxylic acids is 1. The van der Waals surface area contributed by atoms with E-state index in [9.17, 15) is 57.8 Å². The quantitative estimate of drug-likeness (QED) is 0.0130. The number of nitrogens with zero attached hydrogens (tertiary/aromatic N) is 5. The van der Waals surface area contributed by atoms with Gasteiger partial charge in [-0.2, -0.15) is 12.6 Å². The number of carbonyl (C=O) groups excluding carboxylic acids is 12. The zero-order valence-corrected chi connectivity index (χ0v) is 72.1. The van der Waals surface area contributed by atoms with Crippen molar-refractivity contribution in [2.24, 2.45) is 38.7 Å². The third-order valence-corrected chi connectivity index (χ3v) is 21.3. The summed E-state index contributed by atoms with van der Waals surface area (Å²) in [7, 11) is 0. The molecule has 5 rings (SSSR count). The molecule has 1 aliphatic rings. The molecule has 123 heavy (non-hydrogen) atoms. The number of imidazole rings is 1. The molecule has 0 radical (unpaired) electrons. The predicted octanol–water partition coefficient (Wildman–Crippen LogP) is 1.87. The summed E-state index contributed by atoms with van der Waals surface area (Å²) < 4.78 is 0. The summed E-state index contributed by atoms with van der Waals surface area (Å²) in [6.45, 7) is 2.51. The van der Waals surface area contributed by atoms with Crippen LogP contribution in [0.1, 0.15) is 209 Å². The van der Waals surface area contributed by atoms with Crippen LogP contribution in [0.25, 0.3) is 0 Å². The fourth-order valence-electron chi connectivity index (χ4n) is 14.5. The number of aromatic nitrogens is 2. The number of aromatic amines is 1. The van der Waals surface area contributed by atoms with Crippen molar-refractivity contribution in [3.05, 3.63) is 126 Å². The van der Waals surface area contributed by atoms with Gasteiger partial charge in [-0.25, -0.2) is 4.98 Å². The summed E-state index contributed by atoms with van der Waals surface area (Å²) in [6, 6.07) is 16.4. The lowest BCUT2D eigenvalue weighted by Gasteiger charge is -2.35. The average molecular weight is 1730 g/mol. The molecular weight excluding hydrogens is 1600 g/mol. The maximum absolute atomic E-state index is 15.8. The van der Waals surface area contributed by atoms with Crippen molar-refractivity contribution in [1.29, 1.82) is 0 Å². The largest absolute Gasteiger partial charge is 0.480 e. The minimum Gasteiger partial charge on any atom is -0.480 e. The Hall–Kier alpha value is -11.2. The zero-order valence-electron chi connectivity index (χ0n) is 71.2. The van der Waals surface area contributed by atoms with Gasteiger partial charge in [-0.1, -0.05) is 188 Å². The van der Waals surface area contributed by atoms with E-state index in [1.54, 1.807) is 72.8 Å². The average Bonchev–Trinajstić information content (AvgIpc) is 1.51. The topological polar surface area (TPSA) is 573 Å². The molecule has 1 aliphatic heterocycles. The highest BCUT2D eigenvalue weighted by Gasteiger charge is 2.42. The van der Waals surface area contributed by atoms with Gasteiger partial charge in [-0.3, -0.25) is 77.6 Å². The molecule has 0 aliphatic carbocycles. The number of aliphatic hydroxyl groups excluding tert-OH is 1. The number of aliphatic carboxylic acids is 1. The predicted molar refractivity (Wildman–Crippen MR) is 471 cm³/mol. The molecular formula is C86H133N21O15S. The number of likely N-dealkylation sites (tertiary alicyclic amines) is 1. The van der Waals surface area contributed by atoms with Gasteiger partial charge in [-0.15, -0.1) is 0 Å². The molecule has 12 amide bonds.